The Kier molecular flexibility index (Phi) is 5.84. The van der Waals surface area contributed by atoms with E-state index in [9.17, 15) is 9.59 Å². The predicted octanol–water partition coefficient (Wildman–Crippen LogP) is 1.69. The molecule has 8 heteroatoms. The fourth-order valence-corrected chi connectivity index (χ4v) is 4.06. The van der Waals surface area contributed by atoms with Crippen LogP contribution in [-0.4, -0.2) is 11.8 Å². The molecule has 22 heavy (non-hydrogen) atoms. The summed E-state index contributed by atoms with van der Waals surface area (Å²) in [5.74, 6) is 9.63. The third kappa shape index (κ3) is 3.80. The van der Waals surface area contributed by atoms with Crippen LogP contribution in [0.25, 0.3) is 0 Å². The summed E-state index contributed by atoms with van der Waals surface area (Å²) < 4.78 is 0. The van der Waals surface area contributed by atoms with Gasteiger partial charge in [0, 0.05) is 9.79 Å². The summed E-state index contributed by atoms with van der Waals surface area (Å²) in [6.45, 7) is 0. The molecule has 2 aromatic carbocycles. The molecule has 0 saturated carbocycles. The lowest BCUT2D eigenvalue weighted by Crippen LogP contribution is -2.30. The number of hydrazine groups is 2. The number of nitrogens with two attached hydrogens (primary N) is 2. The molecular formula is C14H14N4O2S2. The normalized spacial score (nSPS) is 10.1. The number of hydrogen-bond donors (Lipinski definition) is 4. The molecule has 114 valence electrons. The minimum Gasteiger partial charge on any atom is -0.290 e. The van der Waals surface area contributed by atoms with Crippen molar-refractivity contribution in [2.75, 3.05) is 0 Å². The van der Waals surface area contributed by atoms with Gasteiger partial charge >= 0.3 is 0 Å². The van der Waals surface area contributed by atoms with Gasteiger partial charge in [-0.3, -0.25) is 20.4 Å². The lowest BCUT2D eigenvalue weighted by atomic mass is 10.2. The summed E-state index contributed by atoms with van der Waals surface area (Å²) >= 11 is 0. The number of carbonyl (C=O) groups is 2. The Labute approximate surface area is 135 Å². The molecule has 0 aromatic heterocycles. The van der Waals surface area contributed by atoms with Crippen LogP contribution in [0.15, 0.2) is 58.3 Å². The first-order chi connectivity index (χ1) is 10.7. The summed E-state index contributed by atoms with van der Waals surface area (Å²) in [7, 11) is 2.73. The first-order valence-corrected chi connectivity index (χ1v) is 8.37. The van der Waals surface area contributed by atoms with Crippen molar-refractivity contribution in [3.8, 4) is 0 Å². The Morgan fingerprint density at radius 2 is 1.09 bits per heavy atom. The molecule has 6 N–H and O–H groups in total. The largest absolute Gasteiger partial charge is 0.290 e. The maximum absolute atomic E-state index is 11.7. The van der Waals surface area contributed by atoms with E-state index in [2.05, 4.69) is 10.9 Å². The van der Waals surface area contributed by atoms with Gasteiger partial charge in [0.15, 0.2) is 0 Å². The molecule has 0 radical (unpaired) electrons. The van der Waals surface area contributed by atoms with E-state index in [0.29, 0.717) is 11.1 Å². The molecule has 2 rings (SSSR count). The Balaban J connectivity index is 2.21. The summed E-state index contributed by atoms with van der Waals surface area (Å²) in [5.41, 5.74) is 5.18. The second-order valence-corrected chi connectivity index (χ2v) is 6.32. The maximum atomic E-state index is 11.7. The molecule has 0 bridgehead atoms. The van der Waals surface area contributed by atoms with Crippen molar-refractivity contribution >= 4 is 33.4 Å². The smallest absolute Gasteiger partial charge is 0.266 e. The van der Waals surface area contributed by atoms with Crippen LogP contribution >= 0.6 is 21.6 Å². The maximum Gasteiger partial charge on any atom is 0.266 e. The quantitative estimate of drug-likeness (QED) is 0.287. The zero-order chi connectivity index (χ0) is 15.9. The number of rotatable bonds is 5. The molecule has 0 aliphatic rings. The van der Waals surface area contributed by atoms with Crippen molar-refractivity contribution in [1.29, 1.82) is 0 Å². The standard InChI is InChI=1S/C14H14N4O2S2/c15-17-13(19)9-5-1-3-7-11(9)21-22-12-8-4-2-6-10(12)14(20)18-16/h1-8H,15-16H2,(H,17,19)(H,18,20). The minimum absolute atomic E-state index is 0.364. The Morgan fingerprint density at radius 1 is 0.727 bits per heavy atom. The van der Waals surface area contributed by atoms with Gasteiger partial charge in [-0.2, -0.15) is 0 Å². The molecule has 0 unspecified atom stereocenters. The van der Waals surface area contributed by atoms with Crippen LogP contribution in [0, 0.1) is 0 Å². The molecule has 0 aliphatic carbocycles. The van der Waals surface area contributed by atoms with E-state index in [1.54, 1.807) is 24.3 Å². The first-order valence-electron chi connectivity index (χ1n) is 6.22. The van der Waals surface area contributed by atoms with Crippen LogP contribution in [0.4, 0.5) is 0 Å². The highest BCUT2D eigenvalue weighted by molar-refractivity contribution is 8.76. The first kappa shape index (κ1) is 16.4. The van der Waals surface area contributed by atoms with Crippen molar-refractivity contribution in [2.45, 2.75) is 9.79 Å². The van der Waals surface area contributed by atoms with Crippen molar-refractivity contribution in [3.63, 3.8) is 0 Å². The lowest BCUT2D eigenvalue weighted by Gasteiger charge is -2.09. The van der Waals surface area contributed by atoms with Gasteiger partial charge in [-0.25, -0.2) is 11.7 Å². The highest BCUT2D eigenvalue weighted by Crippen LogP contribution is 2.40. The molecule has 0 heterocycles. The molecule has 0 aliphatic heterocycles. The fraction of sp³-hybridized carbons (Fsp3) is 0. The number of nitrogens with one attached hydrogen (secondary N) is 2. The van der Waals surface area contributed by atoms with Gasteiger partial charge in [-0.1, -0.05) is 45.9 Å². The van der Waals surface area contributed by atoms with E-state index in [-0.39, 0.29) is 11.8 Å². The molecule has 2 amide bonds. The highest BCUT2D eigenvalue weighted by Gasteiger charge is 2.13. The number of amides is 2. The van der Waals surface area contributed by atoms with Crippen LogP contribution in [-0.2, 0) is 0 Å². The summed E-state index contributed by atoms with van der Waals surface area (Å²) in [5, 5.41) is 0. The number of nitrogen functional groups attached to an aromatic ring is 2. The summed E-state index contributed by atoms with van der Waals surface area (Å²) in [4.78, 5) is 25.0. The molecule has 6 nitrogen and oxygen atoms in total. The van der Waals surface area contributed by atoms with Crippen LogP contribution in [0.1, 0.15) is 20.7 Å². The van der Waals surface area contributed by atoms with E-state index >= 15 is 0 Å². The second-order valence-electron chi connectivity index (χ2n) is 4.11. The van der Waals surface area contributed by atoms with Gasteiger partial charge in [0.1, 0.15) is 0 Å². The van der Waals surface area contributed by atoms with Crippen molar-refractivity contribution in [1.82, 2.24) is 10.9 Å². The van der Waals surface area contributed by atoms with Gasteiger partial charge in [0.25, 0.3) is 11.8 Å². The van der Waals surface area contributed by atoms with E-state index in [0.717, 1.165) is 9.79 Å². The Bertz CT molecular complexity index is 635. The molecule has 0 saturated heterocycles. The van der Waals surface area contributed by atoms with Crippen molar-refractivity contribution in [2.24, 2.45) is 11.7 Å². The number of carbonyl (C=O) groups excluding carboxylic acids is 2. The van der Waals surface area contributed by atoms with Gasteiger partial charge in [0.05, 0.1) is 11.1 Å². The highest BCUT2D eigenvalue weighted by atomic mass is 33.1. The van der Waals surface area contributed by atoms with Crippen LogP contribution in [0.3, 0.4) is 0 Å². The van der Waals surface area contributed by atoms with Gasteiger partial charge in [-0.15, -0.1) is 0 Å². The van der Waals surface area contributed by atoms with Crippen molar-refractivity contribution < 1.29 is 9.59 Å². The van der Waals surface area contributed by atoms with Gasteiger partial charge in [-0.05, 0) is 24.3 Å². The van der Waals surface area contributed by atoms with Crippen LogP contribution in [0.5, 0.6) is 0 Å². The van der Waals surface area contributed by atoms with Crippen molar-refractivity contribution in [3.05, 3.63) is 59.7 Å². The minimum atomic E-state index is -0.364. The average molecular weight is 334 g/mol. The van der Waals surface area contributed by atoms with Gasteiger partial charge in [0.2, 0.25) is 0 Å². The third-order valence-electron chi connectivity index (χ3n) is 2.75. The van der Waals surface area contributed by atoms with E-state index in [1.165, 1.54) is 21.6 Å². The van der Waals surface area contributed by atoms with E-state index in [1.807, 2.05) is 24.3 Å². The summed E-state index contributed by atoms with van der Waals surface area (Å²) in [6.07, 6.45) is 0. The monoisotopic (exact) mass is 334 g/mol. The molecular weight excluding hydrogens is 320 g/mol. The molecule has 0 fully saturated rings. The predicted molar refractivity (Wildman–Crippen MR) is 87.9 cm³/mol. The zero-order valence-electron chi connectivity index (χ0n) is 11.4. The van der Waals surface area contributed by atoms with E-state index in [4.69, 9.17) is 11.7 Å². The SMILES string of the molecule is NNC(=O)c1ccccc1SSc1ccccc1C(=O)NN. The number of benzene rings is 2. The second kappa shape index (κ2) is 7.85. The fourth-order valence-electron chi connectivity index (χ4n) is 1.70. The molecule has 2 aromatic rings. The molecule has 0 atom stereocenters. The third-order valence-corrected chi connectivity index (χ3v) is 5.23. The Hall–Kier alpha value is -2.00. The van der Waals surface area contributed by atoms with E-state index < -0.39 is 0 Å². The number of hydrogen-bond acceptors (Lipinski definition) is 6. The summed E-state index contributed by atoms with van der Waals surface area (Å²) in [6, 6.07) is 14.2. The average Bonchev–Trinajstić information content (AvgIpc) is 2.59. The topological polar surface area (TPSA) is 110 Å². The van der Waals surface area contributed by atoms with Gasteiger partial charge < -0.3 is 0 Å². The zero-order valence-corrected chi connectivity index (χ0v) is 13.0. The van der Waals surface area contributed by atoms with Crippen LogP contribution < -0.4 is 22.5 Å². The molecule has 0 spiro atoms. The Morgan fingerprint density at radius 3 is 1.45 bits per heavy atom. The van der Waals surface area contributed by atoms with Crippen LogP contribution in [0.2, 0.25) is 0 Å². The lowest BCUT2D eigenvalue weighted by molar-refractivity contribution is 0.0943.